The third-order valence-electron chi connectivity index (χ3n) is 2.02. The number of hydrogen-bond acceptors (Lipinski definition) is 4. The number of methoxy groups -OCH3 is 1. The second-order valence-electron chi connectivity index (χ2n) is 3.49. The summed E-state index contributed by atoms with van der Waals surface area (Å²) in [6, 6.07) is 0.166. The Labute approximate surface area is 91.2 Å². The molecule has 90 valence electrons. The Balaban J connectivity index is 3.32. The van der Waals surface area contributed by atoms with Gasteiger partial charge in [-0.2, -0.15) is 0 Å². The van der Waals surface area contributed by atoms with E-state index in [0.717, 1.165) is 6.42 Å². The highest BCUT2D eigenvalue weighted by Gasteiger charge is 2.03. The van der Waals surface area contributed by atoms with E-state index in [1.807, 2.05) is 6.92 Å². The van der Waals surface area contributed by atoms with Gasteiger partial charge in [-0.3, -0.25) is 4.79 Å². The minimum Gasteiger partial charge on any atom is -0.396 e. The van der Waals surface area contributed by atoms with Crippen molar-refractivity contribution in [2.24, 2.45) is 0 Å². The summed E-state index contributed by atoms with van der Waals surface area (Å²) in [5, 5.41) is 14.4. The Morgan fingerprint density at radius 3 is 2.87 bits per heavy atom. The van der Waals surface area contributed by atoms with Gasteiger partial charge in [0.2, 0.25) is 5.91 Å². The summed E-state index contributed by atoms with van der Waals surface area (Å²) >= 11 is 0. The van der Waals surface area contributed by atoms with Gasteiger partial charge in [0.15, 0.2) is 0 Å². The molecule has 0 radical (unpaired) electrons. The summed E-state index contributed by atoms with van der Waals surface area (Å²) < 4.78 is 4.86. The van der Waals surface area contributed by atoms with Gasteiger partial charge >= 0.3 is 0 Å². The molecule has 0 heterocycles. The standard InChI is InChI=1S/C10H22N2O3/c1-9(4-6-13)12-8-10(14)11-5-3-7-15-2/h9,12-13H,3-8H2,1-2H3,(H,11,14). The van der Waals surface area contributed by atoms with E-state index in [1.165, 1.54) is 0 Å². The number of hydrogen-bond donors (Lipinski definition) is 3. The van der Waals surface area contributed by atoms with Crippen LogP contribution in [-0.4, -0.2) is 50.5 Å². The zero-order chi connectivity index (χ0) is 11.5. The molecule has 0 aromatic rings. The first-order valence-corrected chi connectivity index (χ1v) is 5.30. The van der Waals surface area contributed by atoms with Gasteiger partial charge in [0.1, 0.15) is 0 Å². The second kappa shape index (κ2) is 9.89. The lowest BCUT2D eigenvalue weighted by atomic mass is 10.2. The highest BCUT2D eigenvalue weighted by Crippen LogP contribution is 1.87. The molecule has 1 atom stereocenters. The first-order chi connectivity index (χ1) is 7.20. The number of rotatable bonds is 9. The van der Waals surface area contributed by atoms with E-state index in [1.54, 1.807) is 7.11 Å². The fourth-order valence-electron chi connectivity index (χ4n) is 1.07. The maximum absolute atomic E-state index is 11.2. The number of carbonyl (C=O) groups is 1. The fourth-order valence-corrected chi connectivity index (χ4v) is 1.07. The highest BCUT2D eigenvalue weighted by atomic mass is 16.5. The van der Waals surface area contributed by atoms with Crippen molar-refractivity contribution in [2.45, 2.75) is 25.8 Å². The average Bonchev–Trinajstić information content (AvgIpc) is 2.22. The van der Waals surface area contributed by atoms with E-state index in [4.69, 9.17) is 9.84 Å². The first-order valence-electron chi connectivity index (χ1n) is 5.30. The minimum atomic E-state index is -0.0177. The Kier molecular flexibility index (Phi) is 9.46. The molecule has 0 saturated heterocycles. The number of aliphatic hydroxyl groups is 1. The lowest BCUT2D eigenvalue weighted by molar-refractivity contribution is -0.120. The third kappa shape index (κ3) is 9.65. The van der Waals surface area contributed by atoms with Crippen LogP contribution in [0.2, 0.25) is 0 Å². The van der Waals surface area contributed by atoms with Crippen molar-refractivity contribution in [1.82, 2.24) is 10.6 Å². The van der Waals surface area contributed by atoms with Gasteiger partial charge in [0.25, 0.3) is 0 Å². The maximum atomic E-state index is 11.2. The highest BCUT2D eigenvalue weighted by molar-refractivity contribution is 5.77. The summed E-state index contributed by atoms with van der Waals surface area (Å²) in [7, 11) is 1.64. The van der Waals surface area contributed by atoms with E-state index in [9.17, 15) is 4.79 Å². The Bertz CT molecular complexity index is 165. The van der Waals surface area contributed by atoms with E-state index >= 15 is 0 Å². The zero-order valence-corrected chi connectivity index (χ0v) is 9.58. The minimum absolute atomic E-state index is 0.0177. The summed E-state index contributed by atoms with van der Waals surface area (Å²) in [5.74, 6) is -0.0177. The predicted octanol–water partition coefficient (Wildman–Crippen LogP) is -0.500. The molecule has 3 N–H and O–H groups in total. The lowest BCUT2D eigenvalue weighted by Crippen LogP contribution is -2.38. The molecule has 0 aliphatic heterocycles. The smallest absolute Gasteiger partial charge is 0.233 e. The molecule has 0 spiro atoms. The van der Waals surface area contributed by atoms with Gasteiger partial charge in [-0.1, -0.05) is 0 Å². The molecule has 0 saturated carbocycles. The monoisotopic (exact) mass is 218 g/mol. The normalized spacial score (nSPS) is 12.5. The van der Waals surface area contributed by atoms with Crippen LogP contribution in [-0.2, 0) is 9.53 Å². The van der Waals surface area contributed by atoms with Gasteiger partial charge in [0.05, 0.1) is 6.54 Å². The van der Waals surface area contributed by atoms with Crippen molar-refractivity contribution in [2.75, 3.05) is 33.4 Å². The van der Waals surface area contributed by atoms with Crippen LogP contribution in [0.1, 0.15) is 19.8 Å². The van der Waals surface area contributed by atoms with Gasteiger partial charge in [-0.15, -0.1) is 0 Å². The molecule has 0 aliphatic rings. The fraction of sp³-hybridized carbons (Fsp3) is 0.900. The average molecular weight is 218 g/mol. The zero-order valence-electron chi connectivity index (χ0n) is 9.58. The molecule has 0 aromatic carbocycles. The van der Waals surface area contributed by atoms with Gasteiger partial charge in [0, 0.05) is 32.9 Å². The molecule has 0 aromatic heterocycles. The summed E-state index contributed by atoms with van der Waals surface area (Å²) in [5.41, 5.74) is 0. The molecule has 1 amide bonds. The number of nitrogens with one attached hydrogen (secondary N) is 2. The van der Waals surface area contributed by atoms with Crippen LogP contribution in [0, 0.1) is 0 Å². The number of amides is 1. The van der Waals surface area contributed by atoms with Crippen molar-refractivity contribution < 1.29 is 14.6 Å². The topological polar surface area (TPSA) is 70.6 Å². The van der Waals surface area contributed by atoms with Crippen molar-refractivity contribution in [3.05, 3.63) is 0 Å². The van der Waals surface area contributed by atoms with Crippen molar-refractivity contribution in [3.8, 4) is 0 Å². The van der Waals surface area contributed by atoms with E-state index in [2.05, 4.69) is 10.6 Å². The molecular formula is C10H22N2O3. The van der Waals surface area contributed by atoms with Crippen LogP contribution in [0.5, 0.6) is 0 Å². The van der Waals surface area contributed by atoms with E-state index < -0.39 is 0 Å². The molecule has 5 heteroatoms. The van der Waals surface area contributed by atoms with Crippen molar-refractivity contribution >= 4 is 5.91 Å². The van der Waals surface area contributed by atoms with Crippen LogP contribution in [0.3, 0.4) is 0 Å². The molecule has 5 nitrogen and oxygen atoms in total. The lowest BCUT2D eigenvalue weighted by Gasteiger charge is -2.12. The molecule has 0 aliphatic carbocycles. The van der Waals surface area contributed by atoms with Gasteiger partial charge < -0.3 is 20.5 Å². The Morgan fingerprint density at radius 1 is 1.53 bits per heavy atom. The van der Waals surface area contributed by atoms with Crippen LogP contribution in [0.4, 0.5) is 0 Å². The van der Waals surface area contributed by atoms with E-state index in [0.29, 0.717) is 26.1 Å². The quantitative estimate of drug-likeness (QED) is 0.456. The molecule has 15 heavy (non-hydrogen) atoms. The second-order valence-corrected chi connectivity index (χ2v) is 3.49. The number of carbonyl (C=O) groups excluding carboxylic acids is 1. The van der Waals surface area contributed by atoms with E-state index in [-0.39, 0.29) is 18.6 Å². The van der Waals surface area contributed by atoms with Gasteiger partial charge in [-0.25, -0.2) is 0 Å². The molecule has 0 fully saturated rings. The van der Waals surface area contributed by atoms with Crippen LogP contribution < -0.4 is 10.6 Å². The third-order valence-corrected chi connectivity index (χ3v) is 2.02. The largest absolute Gasteiger partial charge is 0.396 e. The molecular weight excluding hydrogens is 196 g/mol. The summed E-state index contributed by atoms with van der Waals surface area (Å²) in [6.07, 6.45) is 1.49. The molecule has 0 bridgehead atoms. The number of aliphatic hydroxyl groups excluding tert-OH is 1. The summed E-state index contributed by atoms with van der Waals surface area (Å²) in [6.45, 7) is 3.68. The van der Waals surface area contributed by atoms with Gasteiger partial charge in [-0.05, 0) is 19.8 Å². The number of ether oxygens (including phenoxy) is 1. The van der Waals surface area contributed by atoms with Crippen LogP contribution >= 0.6 is 0 Å². The summed E-state index contributed by atoms with van der Waals surface area (Å²) in [4.78, 5) is 11.2. The molecule has 0 rings (SSSR count). The predicted molar refractivity (Wildman–Crippen MR) is 58.7 cm³/mol. The first kappa shape index (κ1) is 14.3. The van der Waals surface area contributed by atoms with Crippen LogP contribution in [0.25, 0.3) is 0 Å². The maximum Gasteiger partial charge on any atom is 0.233 e. The Morgan fingerprint density at radius 2 is 2.27 bits per heavy atom. The van der Waals surface area contributed by atoms with Crippen LogP contribution in [0.15, 0.2) is 0 Å². The SMILES string of the molecule is COCCCNC(=O)CNC(C)CCO. The van der Waals surface area contributed by atoms with Crippen molar-refractivity contribution in [1.29, 1.82) is 0 Å². The Hall–Kier alpha value is -0.650. The molecule has 1 unspecified atom stereocenters. The van der Waals surface area contributed by atoms with Crippen molar-refractivity contribution in [3.63, 3.8) is 0 Å².